The van der Waals surface area contributed by atoms with Crippen LogP contribution in [0.4, 0.5) is 17.1 Å². The molecule has 0 radical (unpaired) electrons. The summed E-state index contributed by atoms with van der Waals surface area (Å²) >= 11 is 0. The van der Waals surface area contributed by atoms with E-state index in [0.29, 0.717) is 52.6 Å². The highest BCUT2D eigenvalue weighted by atomic mass is 16.6. The number of anilines is 1. The van der Waals surface area contributed by atoms with Crippen molar-refractivity contribution in [3.8, 4) is 0 Å². The molecule has 0 fully saturated rings. The number of hydrogen-bond donors (Lipinski definition) is 1. The van der Waals surface area contributed by atoms with Crippen LogP contribution in [0, 0.1) is 10.1 Å². The van der Waals surface area contributed by atoms with E-state index in [1.165, 1.54) is 19.2 Å². The van der Waals surface area contributed by atoms with Gasteiger partial charge in [-0.2, -0.15) is 0 Å². The minimum Gasteiger partial charge on any atom is -0.484 e. The highest BCUT2D eigenvalue weighted by Gasteiger charge is 2.38. The number of carbonyl (C=O) groups is 2. The van der Waals surface area contributed by atoms with Crippen molar-refractivity contribution >= 4 is 40.5 Å². The number of nitro benzene ring substituents is 1. The highest BCUT2D eigenvalue weighted by Crippen LogP contribution is 2.39. The Hall–Kier alpha value is -4.86. The Morgan fingerprint density at radius 1 is 1.16 bits per heavy atom. The number of amides is 2. The molecule has 3 aromatic carbocycles. The average Bonchev–Trinajstić information content (AvgIpc) is 3.30. The fourth-order valence-electron chi connectivity index (χ4n) is 4.54. The quantitative estimate of drug-likeness (QED) is 0.248. The highest BCUT2D eigenvalue weighted by molar-refractivity contribution is 6.21. The maximum absolute atomic E-state index is 13.7. The van der Waals surface area contributed by atoms with Crippen LogP contribution in [0.25, 0.3) is 0 Å². The molecule has 0 saturated heterocycles. The van der Waals surface area contributed by atoms with Gasteiger partial charge in [0.1, 0.15) is 0 Å². The van der Waals surface area contributed by atoms with Gasteiger partial charge in [-0.3, -0.25) is 19.7 Å². The number of methoxy groups -OCH3 is 1. The zero-order valence-corrected chi connectivity index (χ0v) is 20.2. The molecule has 186 valence electrons. The smallest absolute Gasteiger partial charge is 0.272 e. The summed E-state index contributed by atoms with van der Waals surface area (Å²) in [6.45, 7) is 2.00. The molecule has 0 aromatic heterocycles. The Kier molecular flexibility index (Phi) is 6.22. The van der Waals surface area contributed by atoms with Crippen molar-refractivity contribution < 1.29 is 19.2 Å². The number of aliphatic imine (C=N–C) groups is 2. The first-order chi connectivity index (χ1) is 17.9. The molecule has 0 bridgehead atoms. The van der Waals surface area contributed by atoms with Gasteiger partial charge in [0.05, 0.1) is 34.7 Å². The second kappa shape index (κ2) is 9.65. The van der Waals surface area contributed by atoms with Gasteiger partial charge in [0.15, 0.2) is 5.90 Å². The lowest BCUT2D eigenvalue weighted by molar-refractivity contribution is -0.384. The van der Waals surface area contributed by atoms with Crippen LogP contribution in [-0.2, 0) is 16.0 Å². The second-order valence-corrected chi connectivity index (χ2v) is 8.57. The van der Waals surface area contributed by atoms with Gasteiger partial charge >= 0.3 is 0 Å². The summed E-state index contributed by atoms with van der Waals surface area (Å²) in [7, 11) is 1.48. The van der Waals surface area contributed by atoms with E-state index in [0.717, 1.165) is 0 Å². The lowest BCUT2D eigenvalue weighted by Gasteiger charge is -2.21. The van der Waals surface area contributed by atoms with Gasteiger partial charge in [0, 0.05) is 36.7 Å². The van der Waals surface area contributed by atoms with E-state index in [2.05, 4.69) is 15.3 Å². The van der Waals surface area contributed by atoms with E-state index < -0.39 is 22.9 Å². The number of benzene rings is 3. The third-order valence-corrected chi connectivity index (χ3v) is 6.31. The first-order valence-corrected chi connectivity index (χ1v) is 11.6. The van der Waals surface area contributed by atoms with Crippen LogP contribution in [0.15, 0.2) is 76.7 Å². The Balaban J connectivity index is 1.62. The molecule has 2 amide bonds. The molecule has 1 N–H and O–H groups in total. The minimum absolute atomic E-state index is 0.0746. The predicted molar refractivity (Wildman–Crippen MR) is 139 cm³/mol. The van der Waals surface area contributed by atoms with Gasteiger partial charge < -0.3 is 15.0 Å². The van der Waals surface area contributed by atoms with Gasteiger partial charge in [0.25, 0.3) is 17.5 Å². The first kappa shape index (κ1) is 23.9. The SMILES string of the molecule is CO/C(C)=N/c1ccccc1C(=O)NC1N=C(c2ccccc2)c2cc([N+](=O)[O-])cc3c2N(CC3)C1=O. The van der Waals surface area contributed by atoms with Crippen molar-refractivity contribution in [1.82, 2.24) is 5.32 Å². The number of non-ortho nitro benzene ring substituents is 1. The number of nitrogens with zero attached hydrogens (tertiary/aromatic N) is 4. The monoisotopic (exact) mass is 497 g/mol. The normalized spacial score (nSPS) is 16.5. The molecule has 5 rings (SSSR count). The van der Waals surface area contributed by atoms with Crippen LogP contribution >= 0.6 is 0 Å². The standard InChI is InChI=1S/C27H23N5O5/c1-16(37-2)28-22-11-7-6-10-20(22)26(33)30-25-27(34)31-13-12-18-14-19(32(35)36)15-21(24(18)31)23(29-25)17-8-4-3-5-9-17/h3-11,14-15,25H,12-13H2,1-2H3,(H,30,33)/b28-16+. The molecule has 3 aromatic rings. The van der Waals surface area contributed by atoms with Crippen LogP contribution in [0.3, 0.4) is 0 Å². The van der Waals surface area contributed by atoms with Gasteiger partial charge in [-0.1, -0.05) is 42.5 Å². The van der Waals surface area contributed by atoms with Gasteiger partial charge in [-0.05, 0) is 24.1 Å². The van der Waals surface area contributed by atoms with E-state index in [4.69, 9.17) is 4.74 Å². The average molecular weight is 498 g/mol. The number of ether oxygens (including phenoxy) is 1. The summed E-state index contributed by atoms with van der Waals surface area (Å²) in [5.41, 5.74) is 3.40. The molecule has 0 saturated carbocycles. The third kappa shape index (κ3) is 4.44. The summed E-state index contributed by atoms with van der Waals surface area (Å²) in [5.74, 6) is -0.576. The lowest BCUT2D eigenvalue weighted by Crippen LogP contribution is -2.47. The van der Waals surface area contributed by atoms with Crippen molar-refractivity contribution in [2.45, 2.75) is 19.5 Å². The number of nitrogens with one attached hydrogen (secondary N) is 1. The second-order valence-electron chi connectivity index (χ2n) is 8.57. The van der Waals surface area contributed by atoms with E-state index in [1.807, 2.05) is 30.3 Å². The number of hydrogen-bond acceptors (Lipinski definition) is 7. The first-order valence-electron chi connectivity index (χ1n) is 11.6. The summed E-state index contributed by atoms with van der Waals surface area (Å²) in [6, 6.07) is 18.8. The Labute approximate surface area is 212 Å². The van der Waals surface area contributed by atoms with Crippen LogP contribution in [0.1, 0.15) is 34.0 Å². The van der Waals surface area contributed by atoms with E-state index in [9.17, 15) is 19.7 Å². The molecular weight excluding hydrogens is 474 g/mol. The van der Waals surface area contributed by atoms with Crippen LogP contribution < -0.4 is 10.2 Å². The molecule has 2 aliphatic rings. The number of rotatable bonds is 5. The fourth-order valence-corrected chi connectivity index (χ4v) is 4.54. The zero-order valence-electron chi connectivity index (χ0n) is 20.2. The molecular formula is C27H23N5O5. The fraction of sp³-hybridized carbons (Fsp3) is 0.185. The number of carbonyl (C=O) groups excluding carboxylic acids is 2. The van der Waals surface area contributed by atoms with E-state index in [1.54, 1.807) is 36.1 Å². The zero-order chi connectivity index (χ0) is 26.1. The van der Waals surface area contributed by atoms with Crippen molar-refractivity contribution in [3.05, 3.63) is 99.1 Å². The van der Waals surface area contributed by atoms with Crippen molar-refractivity contribution in [3.63, 3.8) is 0 Å². The lowest BCUT2D eigenvalue weighted by atomic mass is 9.97. The third-order valence-electron chi connectivity index (χ3n) is 6.31. The Morgan fingerprint density at radius 2 is 1.89 bits per heavy atom. The van der Waals surface area contributed by atoms with Gasteiger partial charge in [-0.15, -0.1) is 0 Å². The van der Waals surface area contributed by atoms with Crippen molar-refractivity contribution in [2.24, 2.45) is 9.98 Å². The minimum atomic E-state index is -1.25. The molecule has 10 heteroatoms. The summed E-state index contributed by atoms with van der Waals surface area (Å²) in [4.78, 5) is 48.8. The molecule has 1 atom stereocenters. The maximum atomic E-state index is 13.7. The molecule has 1 unspecified atom stereocenters. The Bertz CT molecular complexity index is 1480. The van der Waals surface area contributed by atoms with Crippen LogP contribution in [-0.4, -0.2) is 48.2 Å². The summed E-state index contributed by atoms with van der Waals surface area (Å²) in [6.07, 6.45) is -0.785. The molecule has 0 aliphatic carbocycles. The van der Waals surface area contributed by atoms with E-state index in [-0.39, 0.29) is 11.3 Å². The Morgan fingerprint density at radius 3 is 2.62 bits per heavy atom. The molecule has 2 heterocycles. The topological polar surface area (TPSA) is 126 Å². The van der Waals surface area contributed by atoms with Crippen molar-refractivity contribution in [2.75, 3.05) is 18.6 Å². The van der Waals surface area contributed by atoms with Gasteiger partial charge in [-0.25, -0.2) is 9.98 Å². The largest absolute Gasteiger partial charge is 0.484 e. The molecule has 2 aliphatic heterocycles. The molecule has 0 spiro atoms. The molecule has 37 heavy (non-hydrogen) atoms. The summed E-state index contributed by atoms with van der Waals surface area (Å²) in [5, 5.41) is 14.4. The van der Waals surface area contributed by atoms with Gasteiger partial charge in [0.2, 0.25) is 6.17 Å². The number of para-hydroxylation sites is 1. The van der Waals surface area contributed by atoms with Crippen LogP contribution in [0.2, 0.25) is 0 Å². The predicted octanol–water partition coefficient (Wildman–Crippen LogP) is 3.79. The maximum Gasteiger partial charge on any atom is 0.272 e. The summed E-state index contributed by atoms with van der Waals surface area (Å²) < 4.78 is 5.12. The van der Waals surface area contributed by atoms with Crippen molar-refractivity contribution in [1.29, 1.82) is 0 Å². The number of nitro groups is 1. The molecule has 10 nitrogen and oxygen atoms in total. The van der Waals surface area contributed by atoms with E-state index >= 15 is 0 Å². The van der Waals surface area contributed by atoms with Crippen LogP contribution in [0.5, 0.6) is 0 Å².